The van der Waals surface area contributed by atoms with Gasteiger partial charge in [0.1, 0.15) is 37.0 Å². The van der Waals surface area contributed by atoms with Gasteiger partial charge >= 0.3 is 0 Å². The van der Waals surface area contributed by atoms with Crippen LogP contribution in [0.1, 0.15) is 70.4 Å². The summed E-state index contributed by atoms with van der Waals surface area (Å²) in [5.74, 6) is 0. The maximum Gasteiger partial charge on any atom is 0.132 e. The summed E-state index contributed by atoms with van der Waals surface area (Å²) in [4.78, 5) is 16.7. The molecule has 258 valence electrons. The predicted molar refractivity (Wildman–Crippen MR) is 216 cm³/mol. The molecule has 7 aromatic rings. The molecule has 0 saturated heterocycles. The summed E-state index contributed by atoms with van der Waals surface area (Å²) in [5.41, 5.74) is 16.0. The fourth-order valence-electron chi connectivity index (χ4n) is 10.9. The molecule has 0 spiro atoms. The molecular weight excluding hydrogens is 661 g/mol. The van der Waals surface area contributed by atoms with Crippen molar-refractivity contribution in [3.05, 3.63) is 215 Å². The van der Waals surface area contributed by atoms with E-state index in [9.17, 15) is 0 Å². The van der Waals surface area contributed by atoms with Crippen LogP contribution >= 0.6 is 0 Å². The molecule has 0 N–H and O–H groups in total. The van der Waals surface area contributed by atoms with Crippen LogP contribution < -0.4 is 29.4 Å². The summed E-state index contributed by atoms with van der Waals surface area (Å²) >= 11 is 0. The van der Waals surface area contributed by atoms with Crippen LogP contribution in [-0.4, -0.2) is 0 Å². The SMILES string of the molecule is c1ccc(C2N3c4c5c6c7c8c4N(C3c3ccccc3)C(c3ccccc3)N8C(c3ccccc3)N7C(c3ccccc3)N6C(c3ccccc3)N52)cc1. The third kappa shape index (κ3) is 3.42. The first-order chi connectivity index (χ1) is 26.9. The van der Waals surface area contributed by atoms with Gasteiger partial charge in [-0.05, 0) is 33.4 Å². The Morgan fingerprint density at radius 1 is 0.185 bits per heavy atom. The molecule has 7 aromatic carbocycles. The van der Waals surface area contributed by atoms with Crippen molar-refractivity contribution in [2.45, 2.75) is 37.0 Å². The molecule has 6 heteroatoms. The van der Waals surface area contributed by atoms with Crippen molar-refractivity contribution in [2.75, 3.05) is 29.4 Å². The highest BCUT2D eigenvalue weighted by Crippen LogP contribution is 2.82. The van der Waals surface area contributed by atoms with E-state index >= 15 is 0 Å². The number of hydrogen-bond acceptors (Lipinski definition) is 6. The van der Waals surface area contributed by atoms with Crippen molar-refractivity contribution in [1.29, 1.82) is 0 Å². The largest absolute Gasteiger partial charge is 0.319 e. The number of nitrogens with zero attached hydrogens (tertiary/aromatic N) is 6. The monoisotopic (exact) mass is 696 g/mol. The fourth-order valence-corrected chi connectivity index (χ4v) is 10.9. The van der Waals surface area contributed by atoms with E-state index < -0.39 is 0 Å². The van der Waals surface area contributed by atoms with E-state index in [2.05, 4.69) is 211 Å². The second kappa shape index (κ2) is 10.5. The van der Waals surface area contributed by atoms with Gasteiger partial charge in [0.2, 0.25) is 0 Å². The summed E-state index contributed by atoms with van der Waals surface area (Å²) in [7, 11) is 0. The molecule has 6 nitrogen and oxygen atoms in total. The van der Waals surface area contributed by atoms with E-state index in [-0.39, 0.29) is 37.0 Å². The quantitative estimate of drug-likeness (QED) is 0.171. The Bertz CT molecular complexity index is 2060. The molecule has 0 unspecified atom stereocenters. The van der Waals surface area contributed by atoms with Gasteiger partial charge in [0.15, 0.2) is 0 Å². The zero-order chi connectivity index (χ0) is 35.1. The number of anilines is 6. The zero-order valence-corrected chi connectivity index (χ0v) is 29.5. The highest BCUT2D eigenvalue weighted by Gasteiger charge is 2.70. The Morgan fingerprint density at radius 3 is 0.444 bits per heavy atom. The molecular formula is C48H36N6. The average molecular weight is 697 g/mol. The van der Waals surface area contributed by atoms with Crippen molar-refractivity contribution in [3.63, 3.8) is 0 Å². The third-order valence-electron chi connectivity index (χ3n) is 12.6. The van der Waals surface area contributed by atoms with E-state index in [0.717, 1.165) is 0 Å². The molecule has 0 atom stereocenters. The molecule has 0 aromatic heterocycles. The van der Waals surface area contributed by atoms with Crippen molar-refractivity contribution in [3.8, 4) is 0 Å². The van der Waals surface area contributed by atoms with Gasteiger partial charge in [-0.3, -0.25) is 0 Å². The van der Waals surface area contributed by atoms with Gasteiger partial charge in [0.05, 0.1) is 34.1 Å². The van der Waals surface area contributed by atoms with Crippen LogP contribution in [0.4, 0.5) is 34.1 Å². The highest BCUT2D eigenvalue weighted by molar-refractivity contribution is 6.20. The Balaban J connectivity index is 1.19. The molecule has 0 saturated carbocycles. The van der Waals surface area contributed by atoms with Crippen molar-refractivity contribution < 1.29 is 0 Å². The zero-order valence-electron chi connectivity index (χ0n) is 29.5. The smallest absolute Gasteiger partial charge is 0.132 e. The Labute approximate surface area is 314 Å². The lowest BCUT2D eigenvalue weighted by molar-refractivity contribution is 0.404. The molecule has 0 amide bonds. The Hall–Kier alpha value is -6.66. The van der Waals surface area contributed by atoms with E-state index in [4.69, 9.17) is 0 Å². The van der Waals surface area contributed by atoms with Crippen molar-refractivity contribution in [2.24, 2.45) is 0 Å². The molecule has 0 fully saturated rings. The predicted octanol–water partition coefficient (Wildman–Crippen LogP) is 10.8. The average Bonchev–Trinajstić information content (AvgIpc) is 4.06. The van der Waals surface area contributed by atoms with E-state index in [0.29, 0.717) is 0 Å². The Morgan fingerprint density at radius 2 is 0.315 bits per heavy atom. The summed E-state index contributed by atoms with van der Waals surface area (Å²) in [5, 5.41) is 0. The van der Waals surface area contributed by atoms with Gasteiger partial charge < -0.3 is 29.4 Å². The van der Waals surface area contributed by atoms with Crippen molar-refractivity contribution in [1.82, 2.24) is 0 Å². The summed E-state index contributed by atoms with van der Waals surface area (Å²) in [6.45, 7) is 0. The van der Waals surface area contributed by atoms with Crippen LogP contribution in [0.15, 0.2) is 182 Å². The topological polar surface area (TPSA) is 19.4 Å². The first-order valence-electron chi connectivity index (χ1n) is 19.1. The highest BCUT2D eigenvalue weighted by atomic mass is 15.7. The molecule has 0 aliphatic carbocycles. The summed E-state index contributed by atoms with van der Waals surface area (Å²) in [6, 6.07) is 67.5. The van der Waals surface area contributed by atoms with Gasteiger partial charge in [-0.2, -0.15) is 0 Å². The minimum Gasteiger partial charge on any atom is -0.319 e. The lowest BCUT2D eigenvalue weighted by Crippen LogP contribution is -2.52. The fraction of sp³-hybridized carbons (Fsp3) is 0.125. The second-order valence-corrected chi connectivity index (χ2v) is 15.2. The standard InChI is InChI=1S/C48H36N6/c1-7-19-31(20-8-1)43-49-37-38-40-42-41-39(37)51(44(49)32-21-9-2-10-22-32)46(34-25-13-4-14-26-34)53(41)48(36-29-17-6-18-30-36)54(42)47(35-27-15-5-16-28-35)52(40)45(50(38)43)33-23-11-3-12-24-33/h1-30,43-48H. The van der Waals surface area contributed by atoms with E-state index in [1.165, 1.54) is 67.5 Å². The number of rotatable bonds is 6. The van der Waals surface area contributed by atoms with Gasteiger partial charge in [0, 0.05) is 0 Å². The number of benzene rings is 7. The number of hydrogen-bond donors (Lipinski definition) is 0. The minimum absolute atomic E-state index is 0.0255. The van der Waals surface area contributed by atoms with E-state index in [1.807, 2.05) is 0 Å². The van der Waals surface area contributed by atoms with Crippen LogP contribution in [0.3, 0.4) is 0 Å². The lowest BCUT2D eigenvalue weighted by atomic mass is 10.0. The van der Waals surface area contributed by atoms with Crippen LogP contribution in [0, 0.1) is 0 Å². The van der Waals surface area contributed by atoms with Gasteiger partial charge in [-0.25, -0.2) is 0 Å². The first kappa shape index (κ1) is 28.9. The molecule has 13 rings (SSSR count). The summed E-state index contributed by atoms with van der Waals surface area (Å²) in [6.07, 6.45) is -0.153. The maximum atomic E-state index is 2.78. The molecule has 0 bridgehead atoms. The van der Waals surface area contributed by atoms with Crippen LogP contribution in [0.25, 0.3) is 0 Å². The van der Waals surface area contributed by atoms with Crippen LogP contribution in [0.5, 0.6) is 0 Å². The van der Waals surface area contributed by atoms with Gasteiger partial charge in [0.25, 0.3) is 0 Å². The second-order valence-electron chi connectivity index (χ2n) is 15.2. The molecule has 6 aliphatic rings. The minimum atomic E-state index is -0.0255. The van der Waals surface area contributed by atoms with Gasteiger partial charge in [-0.1, -0.05) is 182 Å². The summed E-state index contributed by atoms with van der Waals surface area (Å²) < 4.78 is 0. The van der Waals surface area contributed by atoms with Crippen LogP contribution in [-0.2, 0) is 0 Å². The normalized spacial score (nSPS) is 24.4. The molecule has 6 heterocycles. The first-order valence-corrected chi connectivity index (χ1v) is 19.1. The molecule has 0 radical (unpaired) electrons. The molecule has 6 aliphatic heterocycles. The lowest BCUT2D eigenvalue weighted by Gasteiger charge is -2.48. The maximum absolute atomic E-state index is 2.78. The third-order valence-corrected chi connectivity index (χ3v) is 12.6. The van der Waals surface area contributed by atoms with Crippen molar-refractivity contribution >= 4 is 34.1 Å². The Kier molecular flexibility index (Phi) is 5.60. The van der Waals surface area contributed by atoms with Crippen LogP contribution in [0.2, 0.25) is 0 Å². The van der Waals surface area contributed by atoms with Gasteiger partial charge in [-0.15, -0.1) is 0 Å². The molecule has 54 heavy (non-hydrogen) atoms. The van der Waals surface area contributed by atoms with E-state index in [1.54, 1.807) is 0 Å².